The van der Waals surface area contributed by atoms with Crippen LogP contribution in [0.1, 0.15) is 25.3 Å². The van der Waals surface area contributed by atoms with Crippen LogP contribution in [0.5, 0.6) is 0 Å². The monoisotopic (exact) mass is 426 g/mol. The Labute approximate surface area is 167 Å². The lowest BCUT2D eigenvalue weighted by Gasteiger charge is -2.28. The molecule has 0 bridgehead atoms. The van der Waals surface area contributed by atoms with Gasteiger partial charge in [0.05, 0.1) is 17.5 Å². The quantitative estimate of drug-likeness (QED) is 0.728. The number of hydrogen-bond donors (Lipinski definition) is 1. The first-order chi connectivity index (χ1) is 13.2. The normalized spacial score (nSPS) is 24.7. The van der Waals surface area contributed by atoms with Crippen molar-refractivity contribution >= 4 is 44.3 Å². The molecule has 0 radical (unpaired) electrons. The number of carboxylic acids is 1. The number of amides is 1. The van der Waals surface area contributed by atoms with Gasteiger partial charge >= 0.3 is 5.97 Å². The van der Waals surface area contributed by atoms with E-state index in [9.17, 15) is 18.0 Å². The number of ether oxygens (including phenoxy) is 1. The van der Waals surface area contributed by atoms with Crippen molar-refractivity contribution in [2.45, 2.75) is 31.1 Å². The second-order valence-electron chi connectivity index (χ2n) is 7.06. The van der Waals surface area contributed by atoms with E-state index >= 15 is 0 Å². The van der Waals surface area contributed by atoms with Gasteiger partial charge in [0.1, 0.15) is 13.2 Å². The molecule has 10 heteroatoms. The van der Waals surface area contributed by atoms with Crippen LogP contribution in [0, 0.1) is 0 Å². The number of aliphatic carboxylic acids is 1. The zero-order chi connectivity index (χ0) is 20.5. The Kier molecular flexibility index (Phi) is 6.11. The number of sulfone groups is 1. The highest BCUT2D eigenvalue weighted by Gasteiger charge is 2.49. The highest BCUT2D eigenvalue weighted by Crippen LogP contribution is 2.43. The van der Waals surface area contributed by atoms with E-state index in [1.54, 1.807) is 0 Å². The van der Waals surface area contributed by atoms with Crippen LogP contribution in [-0.2, 0) is 24.2 Å². The third-order valence-corrected chi connectivity index (χ3v) is 7.77. The Morgan fingerprint density at radius 1 is 1.29 bits per heavy atom. The van der Waals surface area contributed by atoms with Gasteiger partial charge in [-0.2, -0.15) is 4.99 Å². The number of aliphatic imine (C=N–C) groups is 1. The van der Waals surface area contributed by atoms with Crippen LogP contribution in [-0.4, -0.2) is 66.6 Å². The van der Waals surface area contributed by atoms with E-state index in [2.05, 4.69) is 4.99 Å². The van der Waals surface area contributed by atoms with E-state index in [-0.39, 0.29) is 28.7 Å². The third kappa shape index (κ3) is 4.56. The largest absolute Gasteiger partial charge is 0.480 e. The van der Waals surface area contributed by atoms with Gasteiger partial charge in [0.25, 0.3) is 5.91 Å². The van der Waals surface area contributed by atoms with E-state index in [4.69, 9.17) is 9.84 Å². The van der Waals surface area contributed by atoms with Gasteiger partial charge in [-0.3, -0.25) is 4.79 Å². The molecule has 2 aliphatic rings. The number of thioether (sulfide) groups is 1. The number of carbonyl (C=O) groups excluding carboxylic acids is 1. The van der Waals surface area contributed by atoms with Crippen molar-refractivity contribution in [1.82, 2.24) is 0 Å². The lowest BCUT2D eigenvalue weighted by molar-refractivity contribution is -0.143. The first kappa shape index (κ1) is 20.8. The number of para-hydroxylation sites is 1. The summed E-state index contributed by atoms with van der Waals surface area (Å²) in [5.41, 5.74) is 1.88. The van der Waals surface area contributed by atoms with Crippen molar-refractivity contribution in [1.29, 1.82) is 0 Å². The SMILES string of the molecule is CC(C)c1ccccc1N1C(=NC(=O)COCC(=O)O)S[C@@H]2CS(=O)(=O)C[C@H]21. The molecular formula is C18H22N2O6S2. The van der Waals surface area contributed by atoms with Crippen molar-refractivity contribution < 1.29 is 27.9 Å². The molecule has 1 aromatic carbocycles. The number of benzene rings is 1. The van der Waals surface area contributed by atoms with Crippen LogP contribution < -0.4 is 4.90 Å². The Balaban J connectivity index is 1.93. The van der Waals surface area contributed by atoms with E-state index in [1.807, 2.05) is 43.0 Å². The van der Waals surface area contributed by atoms with Crippen molar-refractivity contribution in [2.24, 2.45) is 4.99 Å². The molecule has 3 rings (SSSR count). The number of carbonyl (C=O) groups is 2. The molecule has 1 N–H and O–H groups in total. The summed E-state index contributed by atoms with van der Waals surface area (Å²) in [7, 11) is -3.15. The molecule has 0 saturated carbocycles. The molecule has 2 atom stereocenters. The Morgan fingerprint density at radius 3 is 2.68 bits per heavy atom. The highest BCUT2D eigenvalue weighted by atomic mass is 32.2. The van der Waals surface area contributed by atoms with Gasteiger partial charge < -0.3 is 14.7 Å². The smallest absolute Gasteiger partial charge is 0.329 e. The summed E-state index contributed by atoms with van der Waals surface area (Å²) in [6.07, 6.45) is 0. The maximum atomic E-state index is 12.2. The molecule has 1 aromatic rings. The van der Waals surface area contributed by atoms with E-state index in [0.29, 0.717) is 5.17 Å². The Hall–Kier alpha value is -1.91. The second kappa shape index (κ2) is 8.22. The number of rotatable bonds is 6. The zero-order valence-electron chi connectivity index (χ0n) is 15.6. The fourth-order valence-electron chi connectivity index (χ4n) is 3.41. The first-order valence-electron chi connectivity index (χ1n) is 8.84. The minimum atomic E-state index is -3.15. The molecule has 2 heterocycles. The fraction of sp³-hybridized carbons (Fsp3) is 0.500. The van der Waals surface area contributed by atoms with Gasteiger partial charge in [0.15, 0.2) is 15.0 Å². The summed E-state index contributed by atoms with van der Waals surface area (Å²) in [5, 5.41) is 8.84. The van der Waals surface area contributed by atoms with Gasteiger partial charge in [-0.25, -0.2) is 13.2 Å². The molecule has 2 fully saturated rings. The standard InChI is InChI=1S/C18H22N2O6S2/c1-11(2)12-5-3-4-6-13(12)20-14-9-28(24,25)10-15(14)27-18(20)19-16(21)7-26-8-17(22)23/h3-6,11,14-15H,7-10H2,1-2H3,(H,22,23)/t14-,15-/m1/s1. The number of amidine groups is 1. The average Bonchev–Trinajstić information content (AvgIpc) is 3.05. The van der Waals surface area contributed by atoms with Gasteiger partial charge in [-0.1, -0.05) is 43.8 Å². The molecule has 0 spiro atoms. The topological polar surface area (TPSA) is 113 Å². The number of hydrogen-bond acceptors (Lipinski definition) is 6. The van der Waals surface area contributed by atoms with Crippen LogP contribution in [0.2, 0.25) is 0 Å². The van der Waals surface area contributed by atoms with Crippen LogP contribution >= 0.6 is 11.8 Å². The van der Waals surface area contributed by atoms with Gasteiger partial charge in [-0.15, -0.1) is 0 Å². The highest BCUT2D eigenvalue weighted by molar-refractivity contribution is 8.16. The molecule has 8 nitrogen and oxygen atoms in total. The fourth-order valence-corrected chi connectivity index (χ4v) is 7.33. The molecule has 0 unspecified atom stereocenters. The van der Waals surface area contributed by atoms with E-state index in [1.165, 1.54) is 11.8 Å². The Bertz CT molecular complexity index is 912. The molecule has 1 amide bonds. The van der Waals surface area contributed by atoms with Crippen LogP contribution in [0.25, 0.3) is 0 Å². The summed E-state index contributed by atoms with van der Waals surface area (Å²) >= 11 is 1.28. The van der Waals surface area contributed by atoms with Crippen LogP contribution in [0.15, 0.2) is 29.3 Å². The summed E-state index contributed by atoms with van der Waals surface area (Å²) < 4.78 is 29.1. The van der Waals surface area contributed by atoms with E-state index < -0.39 is 34.9 Å². The van der Waals surface area contributed by atoms with Crippen molar-refractivity contribution in [3.8, 4) is 0 Å². The summed E-state index contributed by atoms with van der Waals surface area (Å²) in [4.78, 5) is 28.6. The van der Waals surface area contributed by atoms with Crippen LogP contribution in [0.4, 0.5) is 5.69 Å². The molecule has 0 aromatic heterocycles. The average molecular weight is 427 g/mol. The number of fused-ring (bicyclic) bond motifs is 1. The minimum Gasteiger partial charge on any atom is -0.480 e. The maximum absolute atomic E-state index is 12.2. The third-order valence-electron chi connectivity index (χ3n) is 4.56. The Morgan fingerprint density at radius 2 is 2.00 bits per heavy atom. The molecule has 0 aliphatic carbocycles. The molecule has 28 heavy (non-hydrogen) atoms. The summed E-state index contributed by atoms with van der Waals surface area (Å²) in [6.45, 7) is 3.08. The number of nitrogens with zero attached hydrogens (tertiary/aromatic N) is 2. The molecule has 2 saturated heterocycles. The van der Waals surface area contributed by atoms with Crippen LogP contribution in [0.3, 0.4) is 0 Å². The van der Waals surface area contributed by atoms with E-state index in [0.717, 1.165) is 11.3 Å². The minimum absolute atomic E-state index is 0.0137. The van der Waals surface area contributed by atoms with Crippen molar-refractivity contribution in [2.75, 3.05) is 29.6 Å². The molecule has 152 valence electrons. The van der Waals surface area contributed by atoms with Gasteiger partial charge in [0, 0.05) is 10.9 Å². The zero-order valence-corrected chi connectivity index (χ0v) is 17.2. The predicted octanol–water partition coefficient (Wildman–Crippen LogP) is 1.51. The second-order valence-corrected chi connectivity index (χ2v) is 10.4. The summed E-state index contributed by atoms with van der Waals surface area (Å²) in [5.74, 6) is -1.50. The number of carboxylic acid groups (broad SMARTS) is 1. The number of anilines is 1. The lowest BCUT2D eigenvalue weighted by atomic mass is 9.99. The molecule has 2 aliphatic heterocycles. The van der Waals surface area contributed by atoms with Gasteiger partial charge in [0.2, 0.25) is 0 Å². The first-order valence-corrected chi connectivity index (χ1v) is 11.5. The van der Waals surface area contributed by atoms with Crippen molar-refractivity contribution in [3.05, 3.63) is 29.8 Å². The summed E-state index contributed by atoms with van der Waals surface area (Å²) in [6, 6.07) is 7.40. The molecular weight excluding hydrogens is 404 g/mol. The van der Waals surface area contributed by atoms with Crippen molar-refractivity contribution in [3.63, 3.8) is 0 Å². The predicted molar refractivity (Wildman–Crippen MR) is 108 cm³/mol. The maximum Gasteiger partial charge on any atom is 0.329 e. The van der Waals surface area contributed by atoms with Gasteiger partial charge in [-0.05, 0) is 17.5 Å². The lowest BCUT2D eigenvalue weighted by Crippen LogP contribution is -2.38.